The lowest BCUT2D eigenvalue weighted by Crippen LogP contribution is -2.30. The fourth-order valence-corrected chi connectivity index (χ4v) is 3.89. The van der Waals surface area contributed by atoms with Crippen molar-refractivity contribution in [3.63, 3.8) is 0 Å². The molecule has 1 saturated heterocycles. The number of nitrogens with zero attached hydrogens (tertiary/aromatic N) is 2. The SMILES string of the molecule is Cn1c(=O)c(NCC(C)(F)F)cc2cc(N3CC(=O)NS3(=O)=O)c(O)cc21. The number of alkyl halides is 2. The van der Waals surface area contributed by atoms with Crippen LogP contribution in [-0.2, 0) is 22.1 Å². The van der Waals surface area contributed by atoms with Crippen LogP contribution in [0.5, 0.6) is 5.75 Å². The van der Waals surface area contributed by atoms with Crippen LogP contribution in [0.4, 0.5) is 20.2 Å². The molecule has 2 heterocycles. The minimum absolute atomic E-state index is 0.110. The molecule has 9 nitrogen and oxygen atoms in total. The van der Waals surface area contributed by atoms with Crippen LogP contribution < -0.4 is 19.9 Å². The van der Waals surface area contributed by atoms with E-state index in [4.69, 9.17) is 0 Å². The quantitative estimate of drug-likeness (QED) is 0.685. The van der Waals surface area contributed by atoms with E-state index in [0.717, 1.165) is 4.57 Å². The number of carbonyl (C=O) groups excluding carboxylic acids is 1. The fourth-order valence-electron chi connectivity index (χ4n) is 2.73. The molecule has 1 aliphatic heterocycles. The van der Waals surface area contributed by atoms with E-state index in [1.54, 1.807) is 4.72 Å². The summed E-state index contributed by atoms with van der Waals surface area (Å²) in [6, 6.07) is 3.71. The van der Waals surface area contributed by atoms with Gasteiger partial charge >= 0.3 is 10.2 Å². The number of hydrogen-bond acceptors (Lipinski definition) is 6. The number of pyridine rings is 1. The minimum Gasteiger partial charge on any atom is -0.506 e. The Hall–Kier alpha value is -2.89. The Morgan fingerprint density at radius 1 is 1.30 bits per heavy atom. The van der Waals surface area contributed by atoms with Crippen LogP contribution in [0, 0.1) is 0 Å². The van der Waals surface area contributed by atoms with Crippen LogP contribution in [-0.4, -0.2) is 43.0 Å². The first-order chi connectivity index (χ1) is 12.4. The third-order valence-corrected chi connectivity index (χ3v) is 5.39. The smallest absolute Gasteiger partial charge is 0.326 e. The number of phenolic OH excluding ortho intramolecular Hbond substituents is 1. The molecule has 3 rings (SSSR count). The number of carbonyl (C=O) groups is 1. The summed E-state index contributed by atoms with van der Waals surface area (Å²) in [7, 11) is -2.76. The maximum atomic E-state index is 13.1. The zero-order chi connectivity index (χ0) is 20.1. The van der Waals surface area contributed by atoms with Crippen LogP contribution in [0.3, 0.4) is 0 Å². The molecule has 27 heavy (non-hydrogen) atoms. The van der Waals surface area contributed by atoms with E-state index in [9.17, 15) is 31.9 Å². The summed E-state index contributed by atoms with van der Waals surface area (Å²) < 4.78 is 53.8. The molecular formula is C15H16F2N4O5S. The van der Waals surface area contributed by atoms with Gasteiger partial charge < -0.3 is 15.0 Å². The van der Waals surface area contributed by atoms with Crippen LogP contribution in [0.15, 0.2) is 23.0 Å². The number of aromatic hydroxyl groups is 1. The maximum Gasteiger partial charge on any atom is 0.326 e. The van der Waals surface area contributed by atoms with Crippen molar-refractivity contribution in [1.82, 2.24) is 9.29 Å². The molecule has 3 N–H and O–H groups in total. The van der Waals surface area contributed by atoms with Crippen molar-refractivity contribution in [2.75, 3.05) is 22.7 Å². The number of hydrogen-bond donors (Lipinski definition) is 3. The fraction of sp³-hybridized carbons (Fsp3) is 0.333. The number of aromatic nitrogens is 1. The standard InChI is InChI=1S/C15H16F2N4O5S/c1-15(16,17)7-18-9-3-8-4-11(21-6-13(23)19-27(21,25)26)12(22)5-10(8)20(2)14(9)24/h3-5,18,22H,6-7H2,1-2H3,(H,19,23). The van der Waals surface area contributed by atoms with Crippen molar-refractivity contribution in [1.29, 1.82) is 0 Å². The summed E-state index contributed by atoms with van der Waals surface area (Å²) in [5, 5.41) is 12.9. The highest BCUT2D eigenvalue weighted by molar-refractivity contribution is 7.92. The molecule has 0 spiro atoms. The highest BCUT2D eigenvalue weighted by atomic mass is 32.2. The van der Waals surface area contributed by atoms with E-state index in [0.29, 0.717) is 16.6 Å². The lowest BCUT2D eigenvalue weighted by molar-refractivity contribution is -0.117. The van der Waals surface area contributed by atoms with E-state index in [-0.39, 0.29) is 16.9 Å². The van der Waals surface area contributed by atoms with Gasteiger partial charge in [-0.05, 0) is 12.1 Å². The van der Waals surface area contributed by atoms with Crippen molar-refractivity contribution in [3.05, 3.63) is 28.6 Å². The zero-order valence-electron chi connectivity index (χ0n) is 14.3. The van der Waals surface area contributed by atoms with Gasteiger partial charge in [0, 0.05) is 25.4 Å². The van der Waals surface area contributed by atoms with Crippen molar-refractivity contribution in [2.45, 2.75) is 12.8 Å². The van der Waals surface area contributed by atoms with Crippen LogP contribution >= 0.6 is 0 Å². The van der Waals surface area contributed by atoms with Gasteiger partial charge in [-0.1, -0.05) is 0 Å². The van der Waals surface area contributed by atoms with Crippen molar-refractivity contribution < 1.29 is 27.1 Å². The van der Waals surface area contributed by atoms with E-state index >= 15 is 0 Å². The Balaban J connectivity index is 2.14. The van der Waals surface area contributed by atoms with Gasteiger partial charge in [0.15, 0.2) is 0 Å². The number of halogens is 2. The first-order valence-electron chi connectivity index (χ1n) is 7.71. The number of aryl methyl sites for hydroxylation is 1. The molecule has 12 heteroatoms. The normalized spacial score (nSPS) is 16.6. The largest absolute Gasteiger partial charge is 0.506 e. The van der Waals surface area contributed by atoms with E-state index in [2.05, 4.69) is 5.32 Å². The van der Waals surface area contributed by atoms with Gasteiger partial charge in [0.05, 0.1) is 17.7 Å². The number of fused-ring (bicyclic) bond motifs is 1. The number of phenols is 1. The summed E-state index contributed by atoms with van der Waals surface area (Å²) in [4.78, 5) is 23.7. The molecule has 0 unspecified atom stereocenters. The second kappa shape index (κ2) is 6.08. The molecule has 1 fully saturated rings. The second-order valence-corrected chi connectivity index (χ2v) is 7.88. The first-order valence-corrected chi connectivity index (χ1v) is 9.15. The van der Waals surface area contributed by atoms with Crippen LogP contribution in [0.25, 0.3) is 10.9 Å². The first kappa shape index (κ1) is 18.9. The van der Waals surface area contributed by atoms with Crippen LogP contribution in [0.2, 0.25) is 0 Å². The monoisotopic (exact) mass is 402 g/mol. The molecule has 1 aromatic heterocycles. The summed E-state index contributed by atoms with van der Waals surface area (Å²) in [5.74, 6) is -4.27. The molecule has 1 amide bonds. The Morgan fingerprint density at radius 2 is 1.96 bits per heavy atom. The molecule has 0 saturated carbocycles. The lowest BCUT2D eigenvalue weighted by Gasteiger charge is -2.18. The second-order valence-electron chi connectivity index (χ2n) is 6.28. The predicted octanol–water partition coefficient (Wildman–Crippen LogP) is 0.492. The molecule has 0 radical (unpaired) electrons. The molecule has 146 valence electrons. The van der Waals surface area contributed by atoms with Crippen molar-refractivity contribution in [2.24, 2.45) is 7.05 Å². The van der Waals surface area contributed by atoms with Gasteiger partial charge in [-0.2, -0.15) is 8.42 Å². The van der Waals surface area contributed by atoms with Gasteiger partial charge in [-0.3, -0.25) is 9.59 Å². The Kier molecular flexibility index (Phi) is 4.25. The molecule has 1 aliphatic rings. The van der Waals surface area contributed by atoms with Gasteiger partial charge in [-0.15, -0.1) is 0 Å². The Morgan fingerprint density at radius 3 is 2.52 bits per heavy atom. The average Bonchev–Trinajstić information content (AvgIpc) is 2.81. The van der Waals surface area contributed by atoms with Gasteiger partial charge in [-0.25, -0.2) is 17.8 Å². The topological polar surface area (TPSA) is 121 Å². The van der Waals surface area contributed by atoms with Gasteiger partial charge in [0.25, 0.3) is 17.4 Å². The van der Waals surface area contributed by atoms with E-state index < -0.39 is 46.4 Å². The molecule has 0 bridgehead atoms. The number of amides is 1. The number of anilines is 2. The summed E-state index contributed by atoms with van der Waals surface area (Å²) in [5.41, 5.74) is -0.622. The van der Waals surface area contributed by atoms with Crippen LogP contribution in [0.1, 0.15) is 6.92 Å². The highest BCUT2D eigenvalue weighted by Crippen LogP contribution is 2.34. The number of rotatable bonds is 4. The zero-order valence-corrected chi connectivity index (χ0v) is 15.1. The Bertz CT molecular complexity index is 1110. The third-order valence-electron chi connectivity index (χ3n) is 4.00. The summed E-state index contributed by atoms with van der Waals surface area (Å²) in [6.07, 6.45) is 0. The highest BCUT2D eigenvalue weighted by Gasteiger charge is 2.35. The van der Waals surface area contributed by atoms with E-state index in [1.165, 1.54) is 25.2 Å². The molecule has 0 aliphatic carbocycles. The number of nitrogens with one attached hydrogen (secondary N) is 2. The third kappa shape index (κ3) is 3.52. The number of benzene rings is 1. The van der Waals surface area contributed by atoms with E-state index in [1.807, 2.05) is 0 Å². The molecule has 1 aromatic carbocycles. The van der Waals surface area contributed by atoms with Crippen molar-refractivity contribution in [3.8, 4) is 5.75 Å². The van der Waals surface area contributed by atoms with Gasteiger partial charge in [0.2, 0.25) is 0 Å². The average molecular weight is 402 g/mol. The lowest BCUT2D eigenvalue weighted by atomic mass is 10.1. The molecule has 0 atom stereocenters. The summed E-state index contributed by atoms with van der Waals surface area (Å²) in [6.45, 7) is -0.581. The Labute approximate surface area is 152 Å². The van der Waals surface area contributed by atoms with Gasteiger partial charge in [0.1, 0.15) is 18.0 Å². The summed E-state index contributed by atoms with van der Waals surface area (Å²) >= 11 is 0. The van der Waals surface area contributed by atoms with Crippen molar-refractivity contribution >= 4 is 38.4 Å². The predicted molar refractivity (Wildman–Crippen MR) is 94.4 cm³/mol. The minimum atomic E-state index is -4.15. The molecule has 2 aromatic rings. The molecular weight excluding hydrogens is 386 g/mol. The maximum absolute atomic E-state index is 13.1.